The van der Waals surface area contributed by atoms with E-state index in [1.807, 2.05) is 0 Å². The minimum Gasteiger partial charge on any atom is -0.130 e. The molecule has 0 amide bonds. The van der Waals surface area contributed by atoms with Crippen molar-refractivity contribution in [2.45, 2.75) is 135 Å². The number of halogens is 2. The van der Waals surface area contributed by atoms with Crippen molar-refractivity contribution < 1.29 is 0 Å². The monoisotopic (exact) mass is 710 g/mol. The van der Waals surface area contributed by atoms with Crippen molar-refractivity contribution in [3.63, 3.8) is 0 Å². The normalized spacial score (nSPS) is 14.4. The predicted octanol–water partition coefficient (Wildman–Crippen LogP) is 12.7. The second-order valence-corrected chi connectivity index (χ2v) is 27.2. The van der Waals surface area contributed by atoms with E-state index in [0.717, 1.165) is 21.8 Å². The maximum atomic E-state index is 4.06. The number of hydrogen-bond donors (Lipinski definition) is 0. The molecule has 0 saturated heterocycles. The van der Waals surface area contributed by atoms with Crippen molar-refractivity contribution in [2.75, 3.05) is 0 Å². The third-order valence-electron chi connectivity index (χ3n) is 10.4. The maximum Gasteiger partial charge on any atom is 0.145 e. The molecule has 0 heterocycles. The molecule has 0 aromatic heterocycles. The van der Waals surface area contributed by atoms with Crippen LogP contribution in [0.15, 0.2) is 45.3 Å². The first-order valence-corrected chi connectivity index (χ1v) is 21.7. The maximum absolute atomic E-state index is 4.06. The molecule has 0 saturated carbocycles. The molecule has 0 radical (unpaired) electrons. The van der Waals surface area contributed by atoms with E-state index in [1.165, 1.54) is 22.3 Å². The zero-order valence-electron chi connectivity index (χ0n) is 27.6. The molecule has 0 atom stereocenters. The summed E-state index contributed by atoms with van der Waals surface area (Å²) >= 11 is 7.64. The van der Waals surface area contributed by atoms with Gasteiger partial charge < -0.3 is 0 Å². The van der Waals surface area contributed by atoms with Crippen molar-refractivity contribution >= 4 is 48.0 Å². The van der Waals surface area contributed by atoms with Crippen LogP contribution in [-0.2, 0) is 5.41 Å². The van der Waals surface area contributed by atoms with Crippen molar-refractivity contribution in [3.05, 3.63) is 56.5 Å². The van der Waals surface area contributed by atoms with E-state index < -0.39 is 16.1 Å². The smallest absolute Gasteiger partial charge is 0.130 e. The van der Waals surface area contributed by atoms with Crippen molar-refractivity contribution in [2.24, 2.45) is 0 Å². The van der Waals surface area contributed by atoms with Crippen LogP contribution >= 0.6 is 31.9 Å². The Morgan fingerprint density at radius 2 is 0.829 bits per heavy atom. The average Bonchev–Trinajstić information content (AvgIpc) is 3.11. The van der Waals surface area contributed by atoms with E-state index in [4.69, 9.17) is 0 Å². The SMILES string of the molecule is CC(C)[Si](C#CCC1(CC#C[Si](C(C)C)(C(C)C)C(C)C)c2cc(Br)ccc2-c2ccc(Br)cc21)(C(C)C)C(C)C. The fourth-order valence-electron chi connectivity index (χ4n) is 8.45. The summed E-state index contributed by atoms with van der Waals surface area (Å²) < 4.78 is 2.25. The van der Waals surface area contributed by atoms with Crippen LogP contribution < -0.4 is 0 Å². The molecule has 1 aliphatic rings. The van der Waals surface area contributed by atoms with Gasteiger partial charge in [0.15, 0.2) is 0 Å². The van der Waals surface area contributed by atoms with Gasteiger partial charge >= 0.3 is 0 Å². The van der Waals surface area contributed by atoms with Gasteiger partial charge in [0.1, 0.15) is 16.1 Å². The van der Waals surface area contributed by atoms with Crippen LogP contribution in [-0.4, -0.2) is 16.1 Å². The Morgan fingerprint density at radius 1 is 0.537 bits per heavy atom. The molecule has 0 fully saturated rings. The van der Waals surface area contributed by atoms with Gasteiger partial charge in [-0.15, -0.1) is 22.9 Å². The fraction of sp³-hybridized carbons (Fsp3) is 0.568. The van der Waals surface area contributed by atoms with E-state index in [2.05, 4.69) is 174 Å². The lowest BCUT2D eigenvalue weighted by molar-refractivity contribution is 0.559. The molecular formula is C37H52Br2Si2. The zero-order valence-corrected chi connectivity index (χ0v) is 32.8. The molecule has 222 valence electrons. The molecule has 0 nitrogen and oxygen atoms in total. The fourth-order valence-corrected chi connectivity index (χ4v) is 19.7. The first-order valence-electron chi connectivity index (χ1n) is 15.7. The molecule has 1 aliphatic carbocycles. The highest BCUT2D eigenvalue weighted by atomic mass is 79.9. The highest BCUT2D eigenvalue weighted by Gasteiger charge is 2.45. The highest BCUT2D eigenvalue weighted by molar-refractivity contribution is 9.10. The lowest BCUT2D eigenvalue weighted by atomic mass is 9.73. The zero-order chi connectivity index (χ0) is 30.9. The second-order valence-electron chi connectivity index (χ2n) is 14.2. The summed E-state index contributed by atoms with van der Waals surface area (Å²) in [6, 6.07) is 13.6. The first kappa shape index (κ1) is 34.4. The molecule has 3 rings (SSSR count). The van der Waals surface area contributed by atoms with E-state index in [1.54, 1.807) is 0 Å². The van der Waals surface area contributed by atoms with Gasteiger partial charge in [-0.25, -0.2) is 0 Å². The Balaban J connectivity index is 2.32. The first-order chi connectivity index (χ1) is 19.1. The molecule has 0 bridgehead atoms. The number of fused-ring (bicyclic) bond motifs is 3. The van der Waals surface area contributed by atoms with Gasteiger partial charge in [-0.05, 0) is 79.8 Å². The van der Waals surface area contributed by atoms with Crippen LogP contribution in [0.5, 0.6) is 0 Å². The molecular weight excluding hydrogens is 660 g/mol. The molecule has 0 aliphatic heterocycles. The third-order valence-corrected chi connectivity index (χ3v) is 24.1. The van der Waals surface area contributed by atoms with Crippen molar-refractivity contribution in [1.82, 2.24) is 0 Å². The quantitative estimate of drug-likeness (QED) is 0.189. The van der Waals surface area contributed by atoms with Gasteiger partial charge in [-0.2, -0.15) is 0 Å². The van der Waals surface area contributed by atoms with Gasteiger partial charge in [-0.1, -0.05) is 127 Å². The second kappa shape index (κ2) is 13.3. The topological polar surface area (TPSA) is 0 Å². The van der Waals surface area contributed by atoms with Crippen LogP contribution in [0.25, 0.3) is 11.1 Å². The van der Waals surface area contributed by atoms with Gasteiger partial charge in [0.2, 0.25) is 0 Å². The van der Waals surface area contributed by atoms with Crippen LogP contribution in [0.1, 0.15) is 107 Å². The summed E-state index contributed by atoms with van der Waals surface area (Å²) in [5.74, 6) is 7.83. The van der Waals surface area contributed by atoms with E-state index in [-0.39, 0.29) is 5.41 Å². The van der Waals surface area contributed by atoms with Crippen LogP contribution in [0.3, 0.4) is 0 Å². The van der Waals surface area contributed by atoms with Crippen molar-refractivity contribution in [1.29, 1.82) is 0 Å². The Morgan fingerprint density at radius 3 is 1.10 bits per heavy atom. The minimum atomic E-state index is -1.85. The lowest BCUT2D eigenvalue weighted by Crippen LogP contribution is -2.43. The molecule has 0 N–H and O–H groups in total. The summed E-state index contributed by atoms with van der Waals surface area (Å²) in [5.41, 5.74) is 17.0. The van der Waals surface area contributed by atoms with E-state index in [0.29, 0.717) is 33.2 Å². The van der Waals surface area contributed by atoms with Gasteiger partial charge in [0, 0.05) is 27.2 Å². The molecule has 4 heteroatoms. The standard InChI is InChI=1S/C37H52Br2Si2/c1-25(2)40(26(3)4,27(5)6)21-13-19-37(20-14-22-41(28(7)8,29(9)10)30(11)12)35-23-31(38)15-17-33(35)34-18-16-32(39)24-36(34)37/h15-18,23-30H,19-20H2,1-12H3. The van der Waals surface area contributed by atoms with Gasteiger partial charge in [-0.3, -0.25) is 0 Å². The van der Waals surface area contributed by atoms with Gasteiger partial charge in [0.05, 0.1) is 0 Å². The summed E-state index contributed by atoms with van der Waals surface area (Å²) in [4.78, 5) is 0. The van der Waals surface area contributed by atoms with Crippen LogP contribution in [0.4, 0.5) is 0 Å². The molecule has 0 spiro atoms. The van der Waals surface area contributed by atoms with Crippen LogP contribution in [0, 0.1) is 22.9 Å². The minimum absolute atomic E-state index is 0.256. The summed E-state index contributed by atoms with van der Waals surface area (Å²) in [6.07, 6.45) is 1.60. The Labute approximate surface area is 271 Å². The Bertz CT molecular complexity index is 1210. The number of rotatable bonds is 8. The summed E-state index contributed by atoms with van der Waals surface area (Å²) in [5, 5.41) is 0. The molecule has 0 unspecified atom stereocenters. The summed E-state index contributed by atoms with van der Waals surface area (Å²) in [7, 11) is -3.70. The molecule has 2 aromatic rings. The molecule has 41 heavy (non-hydrogen) atoms. The largest absolute Gasteiger partial charge is 0.145 e. The Kier molecular flexibility index (Phi) is 11.2. The molecule has 2 aromatic carbocycles. The van der Waals surface area contributed by atoms with Gasteiger partial charge in [0.25, 0.3) is 0 Å². The third kappa shape index (κ3) is 6.16. The Hall–Kier alpha value is -1.05. The highest BCUT2D eigenvalue weighted by Crippen LogP contribution is 2.54. The van der Waals surface area contributed by atoms with Crippen molar-refractivity contribution in [3.8, 4) is 34.1 Å². The number of benzene rings is 2. The van der Waals surface area contributed by atoms with Crippen LogP contribution in [0.2, 0.25) is 33.2 Å². The van der Waals surface area contributed by atoms with E-state index >= 15 is 0 Å². The predicted molar refractivity (Wildman–Crippen MR) is 195 cm³/mol. The summed E-state index contributed by atoms with van der Waals surface area (Å²) in [6.45, 7) is 28.9. The average molecular weight is 713 g/mol. The number of hydrogen-bond acceptors (Lipinski definition) is 0. The van der Waals surface area contributed by atoms with E-state index in [9.17, 15) is 0 Å². The lowest BCUT2D eigenvalue weighted by Gasteiger charge is -2.38.